The first kappa shape index (κ1) is 28.1. The Hall–Kier alpha value is -8.60. The lowest BCUT2D eigenvalue weighted by molar-refractivity contribution is 1.17. The van der Waals surface area contributed by atoms with Crippen molar-refractivity contribution in [1.82, 2.24) is 9.13 Å². The topological polar surface area (TPSA) is 16.3 Å². The molecule has 2 heterocycles. The highest BCUT2D eigenvalue weighted by molar-refractivity contribution is 6.10. The summed E-state index contributed by atoms with van der Waals surface area (Å²) in [6.07, 6.45) is 0. The standard InChI is InChI=1S/C60H42N4/c1-3-15-45(16-4-1)61(49-35-39-51(40-36-49)63-57-23-11-7-19-53(57)54-20-8-12-24-58(54)63)47-31-27-43(28-32-47)44-29-33-48(34-30-44)62(46-17-5-2-6-18-46)50-37-41-52(42-38-50)64-59-25-13-9-21-55(59)56-22-10-14-26-60(56)64/h1-42H/i1D,2D,3D,4D,5D,6D,15D,16D,17D,18D. The van der Waals surface area contributed by atoms with Gasteiger partial charge >= 0.3 is 0 Å². The highest BCUT2D eigenvalue weighted by atomic mass is 15.1. The molecule has 0 atom stereocenters. The zero-order valence-electron chi connectivity index (χ0n) is 44.3. The Morgan fingerprint density at radius 3 is 0.828 bits per heavy atom. The number of para-hydroxylation sites is 6. The predicted octanol–water partition coefficient (Wildman–Crippen LogP) is 16.5. The molecule has 0 aliphatic heterocycles. The van der Waals surface area contributed by atoms with Crippen LogP contribution in [0, 0.1) is 0 Å². The molecular formula is C60H42N4. The fourth-order valence-electron chi connectivity index (χ4n) is 9.03. The number of rotatable bonds is 9. The molecule has 4 nitrogen and oxygen atoms in total. The molecule has 12 rings (SSSR count). The van der Waals surface area contributed by atoms with Crippen LogP contribution < -0.4 is 9.80 Å². The van der Waals surface area contributed by atoms with Crippen LogP contribution in [0.1, 0.15) is 13.7 Å². The summed E-state index contributed by atoms with van der Waals surface area (Å²) >= 11 is 0. The van der Waals surface area contributed by atoms with Crippen molar-refractivity contribution in [3.63, 3.8) is 0 Å². The molecule has 64 heavy (non-hydrogen) atoms. The number of hydrogen-bond acceptors (Lipinski definition) is 2. The van der Waals surface area contributed by atoms with Gasteiger partial charge in [-0.3, -0.25) is 0 Å². The summed E-state index contributed by atoms with van der Waals surface area (Å²) in [5.41, 5.74) is 9.89. The highest BCUT2D eigenvalue weighted by Gasteiger charge is 2.18. The van der Waals surface area contributed by atoms with Crippen LogP contribution in [0.4, 0.5) is 34.1 Å². The van der Waals surface area contributed by atoms with E-state index in [9.17, 15) is 0 Å². The van der Waals surface area contributed by atoms with Crippen LogP contribution in [0.15, 0.2) is 255 Å². The van der Waals surface area contributed by atoms with E-state index in [0.29, 0.717) is 22.7 Å². The van der Waals surface area contributed by atoms with Crippen molar-refractivity contribution in [2.45, 2.75) is 0 Å². The van der Waals surface area contributed by atoms with E-state index >= 15 is 0 Å². The van der Waals surface area contributed by atoms with Gasteiger partial charge in [0, 0.05) is 67.0 Å². The number of aromatic nitrogens is 2. The second-order valence-corrected chi connectivity index (χ2v) is 15.5. The Bertz CT molecular complexity index is 3750. The molecule has 0 amide bonds. The van der Waals surface area contributed by atoms with Crippen LogP contribution >= 0.6 is 0 Å². The van der Waals surface area contributed by atoms with Gasteiger partial charge in [-0.25, -0.2) is 0 Å². The second kappa shape index (κ2) is 15.7. The summed E-state index contributed by atoms with van der Waals surface area (Å²) in [5.74, 6) is 0. The lowest BCUT2D eigenvalue weighted by Gasteiger charge is -2.26. The molecule has 0 aliphatic rings. The number of fused-ring (bicyclic) bond motifs is 6. The Labute approximate surface area is 386 Å². The molecule has 0 spiro atoms. The first-order valence-electron chi connectivity index (χ1n) is 26.0. The van der Waals surface area contributed by atoms with Crippen LogP contribution in [0.2, 0.25) is 0 Å². The summed E-state index contributed by atoms with van der Waals surface area (Å²) in [5, 5.41) is 4.48. The van der Waals surface area contributed by atoms with E-state index in [-0.39, 0.29) is 35.5 Å². The summed E-state index contributed by atoms with van der Waals surface area (Å²) in [6.45, 7) is 0. The van der Waals surface area contributed by atoms with Crippen molar-refractivity contribution >= 4 is 77.7 Å². The maximum atomic E-state index is 9.04. The van der Waals surface area contributed by atoms with Crippen LogP contribution in [0.5, 0.6) is 0 Å². The first-order valence-corrected chi connectivity index (χ1v) is 21.0. The van der Waals surface area contributed by atoms with Crippen LogP contribution in [0.25, 0.3) is 66.1 Å². The third-order valence-electron chi connectivity index (χ3n) is 11.9. The molecule has 2 aromatic heterocycles. The molecule has 0 saturated heterocycles. The van der Waals surface area contributed by atoms with Crippen molar-refractivity contribution in [2.24, 2.45) is 0 Å². The van der Waals surface area contributed by atoms with Crippen molar-refractivity contribution < 1.29 is 13.7 Å². The normalized spacial score (nSPS) is 13.6. The molecule has 302 valence electrons. The van der Waals surface area contributed by atoms with Crippen molar-refractivity contribution in [2.75, 3.05) is 9.80 Å². The zero-order chi connectivity index (χ0) is 51.1. The lowest BCUT2D eigenvalue weighted by atomic mass is 10.0. The van der Waals surface area contributed by atoms with Gasteiger partial charge in [0.1, 0.15) is 0 Å². The largest absolute Gasteiger partial charge is 0.311 e. The quantitative estimate of drug-likeness (QED) is 0.144. The van der Waals surface area contributed by atoms with Gasteiger partial charge in [-0.15, -0.1) is 0 Å². The van der Waals surface area contributed by atoms with Crippen LogP contribution in [-0.4, -0.2) is 9.13 Å². The van der Waals surface area contributed by atoms with Gasteiger partial charge in [-0.05, 0) is 132 Å². The molecule has 0 radical (unpaired) electrons. The number of nitrogens with zero attached hydrogens (tertiary/aromatic N) is 4. The molecule has 0 unspecified atom stereocenters. The van der Waals surface area contributed by atoms with E-state index in [1.807, 2.05) is 146 Å². The minimum Gasteiger partial charge on any atom is -0.311 e. The summed E-state index contributed by atoms with van der Waals surface area (Å²) in [7, 11) is 0. The molecule has 10 aromatic carbocycles. The van der Waals surface area contributed by atoms with E-state index in [2.05, 4.69) is 57.7 Å². The maximum Gasteiger partial charge on any atom is 0.0645 e. The minimum atomic E-state index is -0.481. The fourth-order valence-corrected chi connectivity index (χ4v) is 9.03. The Morgan fingerprint density at radius 1 is 0.266 bits per heavy atom. The SMILES string of the molecule is [2H]c1c([2H])c([2H])c(N(c2ccc(-c3ccc(N(c4ccc(-n5c6ccccc6c6ccccc65)cc4)c4c([2H])c([2H])c([2H])c([2H])c4[2H])cc3)cc2)c2ccc(-n3c4ccccc4c4ccccc43)cc2)c([2H])c1[2H]. The Morgan fingerprint density at radius 2 is 0.531 bits per heavy atom. The minimum absolute atomic E-state index is 0.00792. The molecular weight excluding hydrogens is 777 g/mol. The Balaban J connectivity index is 0.922. The maximum absolute atomic E-state index is 9.04. The number of hydrogen-bond donors (Lipinski definition) is 0. The molecule has 0 aliphatic carbocycles. The van der Waals surface area contributed by atoms with Gasteiger partial charge in [0.2, 0.25) is 0 Å². The van der Waals surface area contributed by atoms with Gasteiger partial charge in [0.05, 0.1) is 35.8 Å². The van der Waals surface area contributed by atoms with Crippen LogP contribution in [-0.2, 0) is 0 Å². The van der Waals surface area contributed by atoms with E-state index in [1.54, 1.807) is 9.80 Å². The molecule has 4 heteroatoms. The zero-order valence-corrected chi connectivity index (χ0v) is 34.3. The Kier molecular flexibility index (Phi) is 6.89. The molecule has 0 saturated carbocycles. The first-order chi connectivity index (χ1) is 35.9. The summed E-state index contributed by atoms with van der Waals surface area (Å²) in [4.78, 5) is 3.38. The third kappa shape index (κ3) is 6.40. The second-order valence-electron chi connectivity index (χ2n) is 15.5. The van der Waals surface area contributed by atoms with Gasteiger partial charge in [-0.1, -0.05) is 133 Å². The van der Waals surface area contributed by atoms with E-state index in [1.165, 1.54) is 0 Å². The monoisotopic (exact) mass is 828 g/mol. The lowest BCUT2D eigenvalue weighted by Crippen LogP contribution is -2.10. The molecule has 0 bridgehead atoms. The average molecular weight is 829 g/mol. The van der Waals surface area contributed by atoms with Crippen LogP contribution in [0.3, 0.4) is 0 Å². The number of anilines is 6. The van der Waals surface area contributed by atoms with Gasteiger partial charge in [0.15, 0.2) is 0 Å². The smallest absolute Gasteiger partial charge is 0.0645 e. The molecule has 12 aromatic rings. The van der Waals surface area contributed by atoms with E-state index < -0.39 is 36.3 Å². The van der Waals surface area contributed by atoms with Gasteiger partial charge in [0.25, 0.3) is 0 Å². The van der Waals surface area contributed by atoms with E-state index in [0.717, 1.165) is 66.1 Å². The van der Waals surface area contributed by atoms with Gasteiger partial charge in [-0.2, -0.15) is 0 Å². The fraction of sp³-hybridized carbons (Fsp3) is 0. The third-order valence-corrected chi connectivity index (χ3v) is 11.9. The van der Waals surface area contributed by atoms with Crippen molar-refractivity contribution in [3.8, 4) is 22.5 Å². The number of benzene rings is 10. The molecule has 0 fully saturated rings. The molecule has 0 N–H and O–H groups in total. The van der Waals surface area contributed by atoms with E-state index in [4.69, 9.17) is 13.7 Å². The summed E-state index contributed by atoms with van der Waals surface area (Å²) < 4.78 is 91.6. The van der Waals surface area contributed by atoms with Crippen molar-refractivity contribution in [1.29, 1.82) is 0 Å². The summed E-state index contributed by atoms with van der Waals surface area (Å²) in [6, 6.07) is 59.3. The van der Waals surface area contributed by atoms with Gasteiger partial charge < -0.3 is 18.9 Å². The van der Waals surface area contributed by atoms with Crippen molar-refractivity contribution in [3.05, 3.63) is 255 Å². The average Bonchev–Trinajstić information content (AvgIpc) is 3.97. The predicted molar refractivity (Wildman–Crippen MR) is 270 cm³/mol. The highest BCUT2D eigenvalue weighted by Crippen LogP contribution is 2.40.